The third kappa shape index (κ3) is 7.81. The van der Waals surface area contributed by atoms with Gasteiger partial charge in [0.05, 0.1) is 12.5 Å². The normalized spacial score (nSPS) is 11.5. The number of anilines is 1. The molecule has 0 radical (unpaired) electrons. The first kappa shape index (κ1) is 26.2. The fraction of sp³-hybridized carbons (Fsp3) is 0.231. The molecule has 8 N–H and O–H groups in total. The largest absolute Gasteiger partial charge is 0.508 e. The summed E-state index contributed by atoms with van der Waals surface area (Å²) in [7, 11) is 0. The number of aromatic hydroxyl groups is 1. The number of carbonyl (C=O) groups excluding carboxylic acids is 4. The van der Waals surface area contributed by atoms with Gasteiger partial charge in [-0.2, -0.15) is 0 Å². The summed E-state index contributed by atoms with van der Waals surface area (Å²) in [6.07, 6.45) is 0.695. The number of benzene rings is 3. The van der Waals surface area contributed by atoms with Gasteiger partial charge in [-0.05, 0) is 59.0 Å². The Morgan fingerprint density at radius 2 is 1.58 bits per heavy atom. The average Bonchev–Trinajstić information content (AvgIpc) is 2.83. The molecule has 3 rings (SSSR count). The highest BCUT2D eigenvalue weighted by atomic mass is 16.3. The standard InChI is InChI=1S/C26H29N5O5/c27-21(12-16-7-9-20(32)10-8-16)25(35)29-11-3-6-23(33)30-22-14-18-5-2-1-4-17(18)13-19(22)15-24(34)31-26(28)36/h1-2,4-5,7-10,13-14,21,32H,3,6,11-12,15,27H2,(H,29,35)(H,30,33)(H3,28,31,34,36)/t21-/m0/s1. The van der Waals surface area contributed by atoms with E-state index in [0.29, 0.717) is 24.1 Å². The van der Waals surface area contributed by atoms with Gasteiger partial charge in [0, 0.05) is 18.7 Å². The van der Waals surface area contributed by atoms with E-state index in [4.69, 9.17) is 11.5 Å². The van der Waals surface area contributed by atoms with Crippen LogP contribution in [-0.2, 0) is 27.2 Å². The van der Waals surface area contributed by atoms with E-state index in [2.05, 4.69) is 10.6 Å². The number of phenolic OH excluding ortho intramolecular Hbond substituents is 1. The van der Waals surface area contributed by atoms with Crippen molar-refractivity contribution in [3.8, 4) is 5.75 Å². The molecule has 0 aliphatic rings. The Kier molecular flexibility index (Phi) is 8.95. The fourth-order valence-corrected chi connectivity index (χ4v) is 3.69. The van der Waals surface area contributed by atoms with Crippen LogP contribution in [0.5, 0.6) is 5.75 Å². The van der Waals surface area contributed by atoms with Crippen LogP contribution in [0.2, 0.25) is 0 Å². The zero-order valence-electron chi connectivity index (χ0n) is 19.6. The van der Waals surface area contributed by atoms with Gasteiger partial charge in [-0.25, -0.2) is 4.79 Å². The maximum Gasteiger partial charge on any atom is 0.318 e. The maximum atomic E-state index is 12.6. The van der Waals surface area contributed by atoms with Crippen molar-refractivity contribution in [1.82, 2.24) is 10.6 Å². The summed E-state index contributed by atoms with van der Waals surface area (Å²) < 4.78 is 0. The summed E-state index contributed by atoms with van der Waals surface area (Å²) in [5.74, 6) is -1.07. The van der Waals surface area contributed by atoms with Gasteiger partial charge in [0.1, 0.15) is 5.75 Å². The summed E-state index contributed by atoms with van der Waals surface area (Å²) >= 11 is 0. The molecule has 0 aliphatic carbocycles. The number of hydrogen-bond acceptors (Lipinski definition) is 6. The second-order valence-electron chi connectivity index (χ2n) is 8.37. The number of nitrogens with one attached hydrogen (secondary N) is 3. The molecule has 0 bridgehead atoms. The number of hydrogen-bond donors (Lipinski definition) is 6. The molecule has 5 amide bonds. The molecule has 188 valence electrons. The Morgan fingerprint density at radius 1 is 0.917 bits per heavy atom. The Labute approximate surface area is 208 Å². The Morgan fingerprint density at radius 3 is 2.25 bits per heavy atom. The minimum atomic E-state index is -0.948. The molecule has 0 heterocycles. The van der Waals surface area contributed by atoms with Crippen molar-refractivity contribution in [2.45, 2.75) is 31.7 Å². The van der Waals surface area contributed by atoms with E-state index < -0.39 is 18.0 Å². The van der Waals surface area contributed by atoms with Gasteiger partial charge in [0.2, 0.25) is 17.7 Å². The minimum Gasteiger partial charge on any atom is -0.508 e. The van der Waals surface area contributed by atoms with Gasteiger partial charge in [-0.1, -0.05) is 36.4 Å². The van der Waals surface area contributed by atoms with Crippen LogP contribution >= 0.6 is 0 Å². The summed E-state index contributed by atoms with van der Waals surface area (Å²) in [6, 6.07) is 15.8. The fourth-order valence-electron chi connectivity index (χ4n) is 3.69. The summed E-state index contributed by atoms with van der Waals surface area (Å²) in [5.41, 5.74) is 12.8. The highest BCUT2D eigenvalue weighted by Crippen LogP contribution is 2.25. The van der Waals surface area contributed by atoms with E-state index in [0.717, 1.165) is 16.3 Å². The molecule has 0 aliphatic heterocycles. The van der Waals surface area contributed by atoms with Gasteiger partial charge < -0.3 is 27.2 Å². The van der Waals surface area contributed by atoms with E-state index in [1.54, 1.807) is 24.3 Å². The third-order valence-electron chi connectivity index (χ3n) is 5.47. The van der Waals surface area contributed by atoms with Crippen molar-refractivity contribution in [3.63, 3.8) is 0 Å². The van der Waals surface area contributed by atoms with Gasteiger partial charge in [-0.15, -0.1) is 0 Å². The highest BCUT2D eigenvalue weighted by Gasteiger charge is 2.15. The Bertz CT molecular complexity index is 1260. The number of urea groups is 1. The molecule has 0 saturated carbocycles. The second kappa shape index (κ2) is 12.3. The van der Waals surface area contributed by atoms with Gasteiger partial charge in [0.15, 0.2) is 0 Å². The lowest BCUT2D eigenvalue weighted by molar-refractivity contribution is -0.122. The van der Waals surface area contributed by atoms with Crippen molar-refractivity contribution in [2.75, 3.05) is 11.9 Å². The van der Waals surface area contributed by atoms with Crippen molar-refractivity contribution in [3.05, 3.63) is 71.8 Å². The molecule has 0 fully saturated rings. The predicted molar refractivity (Wildman–Crippen MR) is 136 cm³/mol. The number of rotatable bonds is 10. The van der Waals surface area contributed by atoms with Crippen LogP contribution in [0.1, 0.15) is 24.0 Å². The zero-order chi connectivity index (χ0) is 26.1. The zero-order valence-corrected chi connectivity index (χ0v) is 19.6. The van der Waals surface area contributed by atoms with Crippen LogP contribution in [0, 0.1) is 0 Å². The molecule has 0 spiro atoms. The molecule has 0 unspecified atom stereocenters. The van der Waals surface area contributed by atoms with Gasteiger partial charge >= 0.3 is 6.03 Å². The Balaban J connectivity index is 1.53. The maximum absolute atomic E-state index is 12.6. The third-order valence-corrected chi connectivity index (χ3v) is 5.47. The van der Waals surface area contributed by atoms with Crippen molar-refractivity contribution >= 4 is 40.2 Å². The first-order valence-electron chi connectivity index (χ1n) is 11.4. The molecule has 0 aromatic heterocycles. The topological polar surface area (TPSA) is 177 Å². The van der Waals surface area contributed by atoms with Crippen LogP contribution < -0.4 is 27.4 Å². The Hall–Kier alpha value is -4.44. The molecular formula is C26H29N5O5. The van der Waals surface area contributed by atoms with E-state index >= 15 is 0 Å². The van der Waals surface area contributed by atoms with Crippen LogP contribution in [0.15, 0.2) is 60.7 Å². The summed E-state index contributed by atoms with van der Waals surface area (Å²) in [4.78, 5) is 47.9. The smallest absolute Gasteiger partial charge is 0.318 e. The van der Waals surface area contributed by atoms with Crippen LogP contribution in [0.4, 0.5) is 10.5 Å². The highest BCUT2D eigenvalue weighted by molar-refractivity contribution is 5.99. The van der Waals surface area contributed by atoms with E-state index in [9.17, 15) is 24.3 Å². The van der Waals surface area contributed by atoms with Crippen molar-refractivity contribution in [2.24, 2.45) is 11.5 Å². The van der Waals surface area contributed by atoms with Crippen LogP contribution in [-0.4, -0.2) is 41.4 Å². The number of nitrogens with two attached hydrogens (primary N) is 2. The number of carbonyl (C=O) groups is 4. The SMILES string of the molecule is NC(=O)NC(=O)Cc1cc2ccccc2cc1NC(=O)CCCNC(=O)[C@@H](N)Cc1ccc(O)cc1. The molecule has 3 aromatic rings. The quantitative estimate of drug-likeness (QED) is 0.235. The lowest BCUT2D eigenvalue weighted by Crippen LogP contribution is -2.42. The lowest BCUT2D eigenvalue weighted by atomic mass is 10.0. The molecule has 10 nitrogen and oxygen atoms in total. The summed E-state index contributed by atoms with van der Waals surface area (Å²) in [5, 5.41) is 18.7. The van der Waals surface area contributed by atoms with Crippen LogP contribution in [0.25, 0.3) is 10.8 Å². The molecule has 36 heavy (non-hydrogen) atoms. The van der Waals surface area contributed by atoms with E-state index in [-0.39, 0.29) is 37.0 Å². The van der Waals surface area contributed by atoms with E-state index in [1.165, 1.54) is 12.1 Å². The monoisotopic (exact) mass is 491 g/mol. The van der Waals surface area contributed by atoms with Gasteiger partial charge in [-0.3, -0.25) is 19.7 Å². The average molecular weight is 492 g/mol. The molecular weight excluding hydrogens is 462 g/mol. The minimum absolute atomic E-state index is 0.132. The van der Waals surface area contributed by atoms with Crippen molar-refractivity contribution in [1.29, 1.82) is 0 Å². The summed E-state index contributed by atoms with van der Waals surface area (Å²) in [6.45, 7) is 0.265. The molecule has 0 saturated heterocycles. The number of fused-ring (bicyclic) bond motifs is 1. The number of primary amides is 1. The first-order chi connectivity index (χ1) is 17.2. The van der Waals surface area contributed by atoms with E-state index in [1.807, 2.05) is 29.6 Å². The molecule has 10 heteroatoms. The van der Waals surface area contributed by atoms with Gasteiger partial charge in [0.25, 0.3) is 0 Å². The number of imide groups is 1. The molecule has 1 atom stereocenters. The number of phenols is 1. The second-order valence-corrected chi connectivity index (χ2v) is 8.37. The number of amides is 5. The lowest BCUT2D eigenvalue weighted by Gasteiger charge is -2.14. The van der Waals surface area contributed by atoms with Crippen molar-refractivity contribution < 1.29 is 24.3 Å². The van der Waals surface area contributed by atoms with Crippen LogP contribution in [0.3, 0.4) is 0 Å². The predicted octanol–water partition coefficient (Wildman–Crippen LogP) is 1.69. The molecule has 3 aromatic carbocycles. The first-order valence-corrected chi connectivity index (χ1v) is 11.4.